The lowest BCUT2D eigenvalue weighted by Gasteiger charge is -2.38. The Morgan fingerprint density at radius 2 is 1.19 bits per heavy atom. The molecule has 0 aromatic heterocycles. The van der Waals surface area contributed by atoms with Gasteiger partial charge in [0.1, 0.15) is 15.7 Å². The van der Waals surface area contributed by atoms with Gasteiger partial charge in [0.2, 0.25) is 0 Å². The van der Waals surface area contributed by atoms with Crippen LogP contribution in [-0.2, 0) is 0 Å². The summed E-state index contributed by atoms with van der Waals surface area (Å²) in [6.07, 6.45) is 22.6. The van der Waals surface area contributed by atoms with Crippen LogP contribution in [0.1, 0.15) is 104 Å². The van der Waals surface area contributed by atoms with Crippen molar-refractivity contribution in [1.82, 2.24) is 0 Å². The molecule has 0 spiro atoms. The lowest BCUT2D eigenvalue weighted by atomic mass is 9.64. The van der Waals surface area contributed by atoms with Crippen molar-refractivity contribution < 1.29 is 0 Å². The van der Waals surface area contributed by atoms with Crippen molar-refractivity contribution in [3.63, 3.8) is 0 Å². The van der Waals surface area contributed by atoms with Crippen molar-refractivity contribution in [3.05, 3.63) is 0 Å². The molecular formula is C25H48B2. The lowest BCUT2D eigenvalue weighted by Crippen LogP contribution is -2.27. The Morgan fingerprint density at radius 3 is 1.74 bits per heavy atom. The fraction of sp³-hybridized carbons (Fsp3) is 1.00. The van der Waals surface area contributed by atoms with Gasteiger partial charge in [0.25, 0.3) is 0 Å². The minimum atomic E-state index is 0.619. The van der Waals surface area contributed by atoms with Crippen molar-refractivity contribution in [1.29, 1.82) is 0 Å². The standard InChI is InChI=1S/C25H48B2/c1-19-8-9-22(15-24(2,14-19)12-13-26)23-11-10-21(20-6-4-5-7-20)16-25(3,17-23)18-27/h19-23H,4-18,26-27H2,1-3H3. The quantitative estimate of drug-likeness (QED) is 0.393. The van der Waals surface area contributed by atoms with Crippen molar-refractivity contribution >= 4 is 15.7 Å². The highest BCUT2D eigenvalue weighted by atomic mass is 14.5. The van der Waals surface area contributed by atoms with Crippen LogP contribution >= 0.6 is 0 Å². The Morgan fingerprint density at radius 1 is 0.667 bits per heavy atom. The number of hydrogen-bond acceptors (Lipinski definition) is 0. The van der Waals surface area contributed by atoms with Gasteiger partial charge in [-0.2, -0.15) is 0 Å². The molecule has 0 aromatic rings. The Kier molecular flexibility index (Phi) is 7.52. The molecule has 27 heavy (non-hydrogen) atoms. The zero-order valence-electron chi connectivity index (χ0n) is 19.5. The molecule has 0 N–H and O–H groups in total. The highest BCUT2D eigenvalue weighted by molar-refractivity contribution is 6.09. The van der Waals surface area contributed by atoms with Crippen LogP contribution in [0.25, 0.3) is 0 Å². The minimum absolute atomic E-state index is 0.619. The fourth-order valence-electron chi connectivity index (χ4n) is 7.97. The van der Waals surface area contributed by atoms with E-state index >= 15 is 0 Å². The van der Waals surface area contributed by atoms with Crippen molar-refractivity contribution in [2.45, 2.75) is 117 Å². The Labute approximate surface area is 173 Å². The average molecular weight is 370 g/mol. The summed E-state index contributed by atoms with van der Waals surface area (Å²) in [7, 11) is 4.90. The van der Waals surface area contributed by atoms with Gasteiger partial charge in [-0.3, -0.25) is 0 Å². The topological polar surface area (TPSA) is 0 Å². The first-order valence-corrected chi connectivity index (χ1v) is 12.9. The highest BCUT2D eigenvalue weighted by Crippen LogP contribution is 2.53. The molecule has 0 saturated heterocycles. The summed E-state index contributed by atoms with van der Waals surface area (Å²) < 4.78 is 0. The van der Waals surface area contributed by atoms with Crippen LogP contribution in [0.2, 0.25) is 12.6 Å². The van der Waals surface area contributed by atoms with Crippen LogP contribution in [0.15, 0.2) is 0 Å². The zero-order valence-corrected chi connectivity index (χ0v) is 19.5. The predicted octanol–water partition coefficient (Wildman–Crippen LogP) is 6.31. The van der Waals surface area contributed by atoms with Gasteiger partial charge < -0.3 is 0 Å². The first-order chi connectivity index (χ1) is 12.9. The Hall–Kier alpha value is 0.130. The third kappa shape index (κ3) is 5.60. The summed E-state index contributed by atoms with van der Waals surface area (Å²) >= 11 is 0. The number of rotatable bonds is 5. The maximum atomic E-state index is 2.66. The summed E-state index contributed by atoms with van der Waals surface area (Å²) in [4.78, 5) is 0. The third-order valence-corrected chi connectivity index (χ3v) is 9.49. The lowest BCUT2D eigenvalue weighted by molar-refractivity contribution is 0.142. The van der Waals surface area contributed by atoms with Gasteiger partial charge in [-0.1, -0.05) is 71.9 Å². The molecule has 0 radical (unpaired) electrons. The zero-order chi connectivity index (χ0) is 19.5. The first kappa shape index (κ1) is 21.8. The molecule has 0 amide bonds. The van der Waals surface area contributed by atoms with Gasteiger partial charge in [0.15, 0.2) is 0 Å². The largest absolute Gasteiger partial charge is 0.102 e. The van der Waals surface area contributed by atoms with Crippen molar-refractivity contribution in [3.8, 4) is 0 Å². The van der Waals surface area contributed by atoms with Crippen LogP contribution in [0.3, 0.4) is 0 Å². The van der Waals surface area contributed by atoms with Crippen LogP contribution in [0.5, 0.6) is 0 Å². The second-order valence-electron chi connectivity index (χ2n) is 12.1. The van der Waals surface area contributed by atoms with E-state index in [0.717, 1.165) is 29.6 Å². The van der Waals surface area contributed by atoms with Gasteiger partial charge in [-0.15, -0.1) is 0 Å². The van der Waals surface area contributed by atoms with E-state index in [1.54, 1.807) is 32.1 Å². The van der Waals surface area contributed by atoms with Crippen LogP contribution in [0.4, 0.5) is 0 Å². The number of hydrogen-bond donors (Lipinski definition) is 0. The first-order valence-electron chi connectivity index (χ1n) is 12.9. The smallest absolute Gasteiger partial charge is 0.0805 e. The highest BCUT2D eigenvalue weighted by Gasteiger charge is 2.41. The molecule has 3 saturated carbocycles. The van der Waals surface area contributed by atoms with Gasteiger partial charge in [-0.25, -0.2) is 0 Å². The summed E-state index contributed by atoms with van der Waals surface area (Å²) in [6, 6.07) is 0. The molecule has 3 fully saturated rings. The summed E-state index contributed by atoms with van der Waals surface area (Å²) in [5, 5.41) is 0. The molecule has 0 aromatic carbocycles. The van der Waals surface area contributed by atoms with E-state index in [1.165, 1.54) is 64.0 Å². The van der Waals surface area contributed by atoms with Crippen molar-refractivity contribution in [2.75, 3.05) is 0 Å². The van der Waals surface area contributed by atoms with Crippen molar-refractivity contribution in [2.24, 2.45) is 40.4 Å². The van der Waals surface area contributed by atoms with E-state index < -0.39 is 0 Å². The second-order valence-corrected chi connectivity index (χ2v) is 12.1. The summed E-state index contributed by atoms with van der Waals surface area (Å²) in [6.45, 7) is 7.84. The summed E-state index contributed by atoms with van der Waals surface area (Å²) in [5.74, 6) is 5.10. The minimum Gasteiger partial charge on any atom is -0.0805 e. The Balaban J connectivity index is 1.74. The van der Waals surface area contributed by atoms with Crippen LogP contribution in [-0.4, -0.2) is 15.7 Å². The van der Waals surface area contributed by atoms with Crippen LogP contribution in [0, 0.1) is 40.4 Å². The van der Waals surface area contributed by atoms with E-state index in [2.05, 4.69) is 36.5 Å². The van der Waals surface area contributed by atoms with E-state index in [4.69, 9.17) is 0 Å². The predicted molar refractivity (Wildman–Crippen MR) is 126 cm³/mol. The average Bonchev–Trinajstić information content (AvgIpc) is 3.03. The molecule has 3 rings (SSSR count). The van der Waals surface area contributed by atoms with E-state index in [0.29, 0.717) is 10.8 Å². The third-order valence-electron chi connectivity index (χ3n) is 9.49. The molecule has 6 atom stereocenters. The molecule has 3 aliphatic rings. The molecule has 2 heteroatoms. The van der Waals surface area contributed by atoms with E-state index in [1.807, 2.05) is 0 Å². The molecule has 0 bridgehead atoms. The molecule has 6 unspecified atom stereocenters. The fourth-order valence-corrected chi connectivity index (χ4v) is 7.97. The van der Waals surface area contributed by atoms with Crippen LogP contribution < -0.4 is 0 Å². The molecule has 0 aliphatic heterocycles. The molecular weight excluding hydrogens is 322 g/mol. The SMILES string of the molecule is BCCC1(C)CC(C)CCC(C2CCC(C3CCCC3)CC(C)(CB)C2)C1. The summed E-state index contributed by atoms with van der Waals surface area (Å²) in [5.41, 5.74) is 1.24. The molecule has 0 nitrogen and oxygen atoms in total. The molecule has 154 valence electrons. The molecule has 0 heterocycles. The van der Waals surface area contributed by atoms with Gasteiger partial charge in [-0.05, 0) is 85.4 Å². The maximum Gasteiger partial charge on any atom is 0.102 e. The van der Waals surface area contributed by atoms with Gasteiger partial charge >= 0.3 is 0 Å². The molecule has 3 aliphatic carbocycles. The van der Waals surface area contributed by atoms with Gasteiger partial charge in [0, 0.05) is 0 Å². The Bertz CT molecular complexity index is 457. The maximum absolute atomic E-state index is 2.66. The second kappa shape index (κ2) is 9.30. The van der Waals surface area contributed by atoms with E-state index in [9.17, 15) is 0 Å². The van der Waals surface area contributed by atoms with Gasteiger partial charge in [0.05, 0.1) is 0 Å². The van der Waals surface area contributed by atoms with E-state index in [-0.39, 0.29) is 0 Å². The monoisotopic (exact) mass is 370 g/mol. The normalized spacial score (nSPS) is 44.7.